The van der Waals surface area contributed by atoms with Crippen molar-refractivity contribution in [2.75, 3.05) is 26.2 Å². The third-order valence-corrected chi connectivity index (χ3v) is 1.76. The van der Waals surface area contributed by atoms with Crippen molar-refractivity contribution >= 4 is 12.1 Å². The van der Waals surface area contributed by atoms with Crippen LogP contribution in [0.3, 0.4) is 0 Å². The summed E-state index contributed by atoms with van der Waals surface area (Å²) in [5.41, 5.74) is -0.450. The van der Waals surface area contributed by atoms with Gasteiger partial charge in [-0.1, -0.05) is 0 Å². The summed E-state index contributed by atoms with van der Waals surface area (Å²) in [5.74, 6) is 0.797. The van der Waals surface area contributed by atoms with Gasteiger partial charge in [0.2, 0.25) is 0 Å². The first-order valence-corrected chi connectivity index (χ1v) is 5.46. The van der Waals surface area contributed by atoms with Crippen LogP contribution in [-0.2, 0) is 4.74 Å². The normalized spacial score (nSPS) is 15.1. The first-order valence-electron chi connectivity index (χ1n) is 5.46. The highest BCUT2D eigenvalue weighted by atomic mass is 16.6. The first-order chi connectivity index (χ1) is 7.47. The Bertz CT molecular complexity index is 270. The van der Waals surface area contributed by atoms with Crippen LogP contribution in [0.15, 0.2) is 4.99 Å². The van der Waals surface area contributed by atoms with Gasteiger partial charge < -0.3 is 20.7 Å². The van der Waals surface area contributed by atoms with Crippen LogP contribution in [0.1, 0.15) is 20.8 Å². The summed E-state index contributed by atoms with van der Waals surface area (Å²) in [6, 6.07) is 0. The van der Waals surface area contributed by atoms with E-state index in [0.717, 1.165) is 19.0 Å². The van der Waals surface area contributed by atoms with Gasteiger partial charge in [-0.3, -0.25) is 4.99 Å². The number of carbonyl (C=O) groups is 1. The zero-order valence-corrected chi connectivity index (χ0v) is 10.1. The van der Waals surface area contributed by atoms with E-state index in [1.165, 1.54) is 0 Å². The van der Waals surface area contributed by atoms with Crippen LogP contribution in [0, 0.1) is 0 Å². The van der Waals surface area contributed by atoms with E-state index in [1.54, 1.807) is 0 Å². The minimum Gasteiger partial charge on any atom is -0.444 e. The summed E-state index contributed by atoms with van der Waals surface area (Å²) >= 11 is 0. The number of nitrogens with one attached hydrogen (secondary N) is 3. The Balaban J connectivity index is 2.04. The molecule has 0 saturated heterocycles. The first kappa shape index (κ1) is 12.6. The number of rotatable bonds is 3. The number of guanidine groups is 1. The molecule has 1 rings (SSSR count). The molecule has 0 aliphatic carbocycles. The summed E-state index contributed by atoms with van der Waals surface area (Å²) in [7, 11) is 0. The molecule has 6 heteroatoms. The average Bonchev–Trinajstić information content (AvgIpc) is 2.62. The maximum absolute atomic E-state index is 11.2. The van der Waals surface area contributed by atoms with E-state index in [0.29, 0.717) is 13.1 Å². The molecule has 0 aromatic heterocycles. The molecule has 1 amide bonds. The fraction of sp³-hybridized carbons (Fsp3) is 0.800. The molecule has 0 aromatic carbocycles. The predicted octanol–water partition coefficient (Wildman–Crippen LogP) is 0.0599. The molecule has 1 aliphatic heterocycles. The van der Waals surface area contributed by atoms with Crippen LogP contribution in [0.2, 0.25) is 0 Å². The zero-order chi connectivity index (χ0) is 12.0. The monoisotopic (exact) mass is 228 g/mol. The molecular formula is C10H20N4O2. The Morgan fingerprint density at radius 2 is 2.25 bits per heavy atom. The Morgan fingerprint density at radius 3 is 2.81 bits per heavy atom. The molecule has 0 unspecified atom stereocenters. The number of alkyl carbamates (subject to hydrolysis) is 1. The fourth-order valence-corrected chi connectivity index (χ4v) is 1.18. The predicted molar refractivity (Wildman–Crippen MR) is 62.5 cm³/mol. The van der Waals surface area contributed by atoms with Crippen molar-refractivity contribution in [2.24, 2.45) is 4.99 Å². The van der Waals surface area contributed by atoms with Gasteiger partial charge in [0.15, 0.2) is 5.96 Å². The van der Waals surface area contributed by atoms with Crippen LogP contribution in [0.25, 0.3) is 0 Å². The summed E-state index contributed by atoms with van der Waals surface area (Å²) in [5, 5.41) is 8.80. The van der Waals surface area contributed by atoms with Gasteiger partial charge in [-0.25, -0.2) is 4.79 Å². The van der Waals surface area contributed by atoms with E-state index in [1.807, 2.05) is 20.8 Å². The average molecular weight is 228 g/mol. The van der Waals surface area contributed by atoms with Gasteiger partial charge in [0.1, 0.15) is 5.60 Å². The molecule has 0 aromatic rings. The number of hydrogen-bond donors (Lipinski definition) is 3. The highest BCUT2D eigenvalue weighted by Gasteiger charge is 2.15. The topological polar surface area (TPSA) is 74.8 Å². The molecule has 6 nitrogen and oxygen atoms in total. The number of hydrogen-bond acceptors (Lipinski definition) is 5. The third kappa shape index (κ3) is 5.43. The summed E-state index contributed by atoms with van der Waals surface area (Å²) in [4.78, 5) is 15.4. The molecule has 3 N–H and O–H groups in total. The molecule has 0 saturated carbocycles. The van der Waals surface area contributed by atoms with Gasteiger partial charge in [0.05, 0.1) is 6.54 Å². The third-order valence-electron chi connectivity index (χ3n) is 1.76. The maximum atomic E-state index is 11.2. The highest BCUT2D eigenvalue weighted by molar-refractivity contribution is 5.81. The van der Waals surface area contributed by atoms with E-state index in [2.05, 4.69) is 20.9 Å². The largest absolute Gasteiger partial charge is 0.444 e. The Morgan fingerprint density at radius 1 is 1.50 bits per heavy atom. The number of nitrogens with zero attached hydrogens (tertiary/aromatic N) is 1. The minimum atomic E-state index is -0.450. The minimum absolute atomic E-state index is 0.393. The van der Waals surface area contributed by atoms with Crippen LogP contribution >= 0.6 is 0 Å². The van der Waals surface area contributed by atoms with Crippen LogP contribution in [0.4, 0.5) is 4.79 Å². The molecule has 0 fully saturated rings. The number of carbonyl (C=O) groups excluding carboxylic acids is 1. The standard InChI is InChI=1S/C10H20N4O2/c1-10(2,3)16-9(15)14-7-6-13-8-11-4-5-12-8/h4-7H2,1-3H3,(H,14,15)(H2,11,12,13). The lowest BCUT2D eigenvalue weighted by Crippen LogP contribution is -2.40. The van der Waals surface area contributed by atoms with Crippen molar-refractivity contribution in [3.05, 3.63) is 0 Å². The smallest absolute Gasteiger partial charge is 0.407 e. The van der Waals surface area contributed by atoms with Crippen molar-refractivity contribution in [1.29, 1.82) is 0 Å². The molecule has 0 spiro atoms. The summed E-state index contributed by atoms with van der Waals surface area (Å²) < 4.78 is 5.09. The number of amides is 1. The molecular weight excluding hydrogens is 208 g/mol. The van der Waals surface area contributed by atoms with Gasteiger partial charge in [0.25, 0.3) is 0 Å². The van der Waals surface area contributed by atoms with Gasteiger partial charge in [0, 0.05) is 19.6 Å². The van der Waals surface area contributed by atoms with E-state index in [-0.39, 0.29) is 0 Å². The SMILES string of the molecule is CC(C)(C)OC(=O)NCCNC1=NCCN1. The molecule has 0 bridgehead atoms. The quantitative estimate of drug-likeness (QED) is 0.597. The number of ether oxygens (including phenoxy) is 1. The lowest BCUT2D eigenvalue weighted by Gasteiger charge is -2.19. The Kier molecular flexibility index (Phi) is 4.39. The Hall–Kier alpha value is -1.46. The Labute approximate surface area is 95.8 Å². The fourth-order valence-electron chi connectivity index (χ4n) is 1.18. The zero-order valence-electron chi connectivity index (χ0n) is 10.1. The maximum Gasteiger partial charge on any atom is 0.407 e. The van der Waals surface area contributed by atoms with Gasteiger partial charge in [-0.15, -0.1) is 0 Å². The summed E-state index contributed by atoms with van der Waals surface area (Å²) in [6.45, 7) is 8.33. The summed E-state index contributed by atoms with van der Waals surface area (Å²) in [6.07, 6.45) is -0.393. The van der Waals surface area contributed by atoms with Crippen molar-refractivity contribution in [1.82, 2.24) is 16.0 Å². The van der Waals surface area contributed by atoms with Gasteiger partial charge >= 0.3 is 6.09 Å². The lowest BCUT2D eigenvalue weighted by atomic mass is 10.2. The molecule has 1 aliphatic rings. The van der Waals surface area contributed by atoms with Crippen molar-refractivity contribution in [3.8, 4) is 0 Å². The van der Waals surface area contributed by atoms with Crippen molar-refractivity contribution in [2.45, 2.75) is 26.4 Å². The van der Waals surface area contributed by atoms with Crippen molar-refractivity contribution < 1.29 is 9.53 Å². The van der Waals surface area contributed by atoms with Crippen LogP contribution in [0.5, 0.6) is 0 Å². The van der Waals surface area contributed by atoms with Crippen LogP contribution < -0.4 is 16.0 Å². The van der Waals surface area contributed by atoms with Crippen LogP contribution in [-0.4, -0.2) is 43.8 Å². The molecule has 92 valence electrons. The highest BCUT2D eigenvalue weighted by Crippen LogP contribution is 2.05. The van der Waals surface area contributed by atoms with E-state index >= 15 is 0 Å². The van der Waals surface area contributed by atoms with E-state index < -0.39 is 11.7 Å². The molecule has 0 atom stereocenters. The molecule has 16 heavy (non-hydrogen) atoms. The van der Waals surface area contributed by atoms with E-state index in [4.69, 9.17) is 4.74 Å². The van der Waals surface area contributed by atoms with Gasteiger partial charge in [-0.2, -0.15) is 0 Å². The van der Waals surface area contributed by atoms with Crippen molar-refractivity contribution in [3.63, 3.8) is 0 Å². The number of aliphatic imine (C=N–C) groups is 1. The second kappa shape index (κ2) is 5.58. The molecule has 0 radical (unpaired) electrons. The van der Waals surface area contributed by atoms with Gasteiger partial charge in [-0.05, 0) is 20.8 Å². The second-order valence-corrected chi connectivity index (χ2v) is 4.51. The lowest BCUT2D eigenvalue weighted by molar-refractivity contribution is 0.0529. The van der Waals surface area contributed by atoms with E-state index in [9.17, 15) is 4.79 Å². The second-order valence-electron chi connectivity index (χ2n) is 4.51. The molecule has 1 heterocycles.